The predicted molar refractivity (Wildman–Crippen MR) is 189 cm³/mol. The summed E-state index contributed by atoms with van der Waals surface area (Å²) in [4.78, 5) is 31.6. The number of alkyl halides is 3. The zero-order valence-corrected chi connectivity index (χ0v) is 31.3. The molecule has 274 valence electrons. The Labute approximate surface area is 301 Å². The summed E-state index contributed by atoms with van der Waals surface area (Å²) in [6.07, 6.45) is 0.825. The molecular weight excluding hydrogens is 691 g/mol. The largest absolute Gasteiger partial charge is 0.477 e. The first-order chi connectivity index (χ1) is 23.3. The Morgan fingerprint density at radius 3 is 2.34 bits per heavy atom. The lowest BCUT2D eigenvalue weighted by Crippen LogP contribution is -2.45. The third-order valence-corrected chi connectivity index (χ3v) is 9.80. The molecule has 1 N–H and O–H groups in total. The minimum atomic E-state index is -4.21. The second-order valence-electron chi connectivity index (χ2n) is 14.6. The summed E-state index contributed by atoms with van der Waals surface area (Å²) in [5, 5.41) is 4.16. The van der Waals surface area contributed by atoms with Gasteiger partial charge in [-0.1, -0.05) is 42.6 Å². The van der Waals surface area contributed by atoms with Gasteiger partial charge < -0.3 is 14.4 Å². The van der Waals surface area contributed by atoms with Crippen LogP contribution in [0.2, 0.25) is 5.15 Å². The molecule has 14 heteroatoms. The molecule has 1 aliphatic carbocycles. The lowest BCUT2D eigenvalue weighted by molar-refractivity contribution is -0.190. The Bertz CT molecular complexity index is 1620. The Balaban J connectivity index is 0.000000279. The van der Waals surface area contributed by atoms with Crippen molar-refractivity contribution in [1.29, 1.82) is 0 Å². The van der Waals surface area contributed by atoms with Crippen molar-refractivity contribution in [3.8, 4) is 11.7 Å². The molecule has 2 aromatic heterocycles. The number of amides is 2. The van der Waals surface area contributed by atoms with Crippen molar-refractivity contribution in [2.75, 3.05) is 13.2 Å². The van der Waals surface area contributed by atoms with Gasteiger partial charge in [0, 0.05) is 29.2 Å². The minimum Gasteiger partial charge on any atom is -0.477 e. The van der Waals surface area contributed by atoms with E-state index in [1.807, 2.05) is 56.9 Å². The number of halogens is 4. The molecule has 1 aliphatic heterocycles. The third kappa shape index (κ3) is 10.5. The molecule has 2 fully saturated rings. The number of benzene rings is 1. The summed E-state index contributed by atoms with van der Waals surface area (Å²) in [5.41, 5.74) is -0.767. The van der Waals surface area contributed by atoms with Gasteiger partial charge in [-0.2, -0.15) is 13.2 Å². The topological polar surface area (TPSA) is 98.6 Å². The van der Waals surface area contributed by atoms with Crippen molar-refractivity contribution < 1.29 is 32.2 Å². The number of nitrogens with zero attached hydrogens (tertiary/aromatic N) is 4. The molecule has 9 nitrogen and oxygen atoms in total. The van der Waals surface area contributed by atoms with Gasteiger partial charge in [0.25, 0.3) is 5.91 Å². The molecule has 1 atom stereocenters. The van der Waals surface area contributed by atoms with E-state index in [0.29, 0.717) is 11.7 Å². The van der Waals surface area contributed by atoms with Crippen molar-refractivity contribution >= 4 is 35.5 Å². The normalized spacial score (nSPS) is 17.8. The molecule has 3 aromatic rings. The maximum atomic E-state index is 13.0. The van der Waals surface area contributed by atoms with Crippen molar-refractivity contribution in [2.45, 2.75) is 109 Å². The molecule has 3 heterocycles. The number of pyridine rings is 1. The van der Waals surface area contributed by atoms with E-state index in [0.717, 1.165) is 23.4 Å². The van der Waals surface area contributed by atoms with Gasteiger partial charge in [0.2, 0.25) is 5.88 Å². The number of carbonyl (C=O) groups is 2. The number of aryl methyl sites for hydroxylation is 1. The smallest absolute Gasteiger partial charge is 0.410 e. The molecule has 1 aromatic carbocycles. The average molecular weight is 738 g/mol. The highest BCUT2D eigenvalue weighted by molar-refractivity contribution is 7.98. The van der Waals surface area contributed by atoms with Crippen LogP contribution in [0.25, 0.3) is 5.82 Å². The van der Waals surface area contributed by atoms with Gasteiger partial charge in [-0.05, 0) is 116 Å². The van der Waals surface area contributed by atoms with Crippen LogP contribution in [0.4, 0.5) is 18.0 Å². The zero-order chi connectivity index (χ0) is 36.9. The molecular formula is C36H47ClF3N5O4S. The number of aromatic nitrogens is 3. The second kappa shape index (κ2) is 15.8. The fourth-order valence-corrected chi connectivity index (χ4v) is 6.63. The number of hydrogen-bond acceptors (Lipinski definition) is 7. The molecule has 0 bridgehead atoms. The van der Waals surface area contributed by atoms with Crippen LogP contribution < -0.4 is 9.46 Å². The van der Waals surface area contributed by atoms with Crippen LogP contribution in [-0.4, -0.2) is 62.1 Å². The van der Waals surface area contributed by atoms with Gasteiger partial charge >= 0.3 is 12.3 Å². The number of likely N-dealkylation sites (tertiary alicyclic amines) is 1. The van der Waals surface area contributed by atoms with E-state index in [4.69, 9.17) is 21.1 Å². The van der Waals surface area contributed by atoms with Gasteiger partial charge in [-0.3, -0.25) is 9.52 Å². The maximum Gasteiger partial charge on any atom is 0.410 e. The standard InChI is InChI=1S/C22H20ClF3N4O2S.C14H27NO2/c1-14-2-4-15(5-3-14)33-29-20(31)16-6-7-17(27-19(16)23)30-12-8-18(28-30)32-13-11-21(9-10-21)22(24,25)26;1-7-8-11-9-14(5,6)15(10-11)12(16)17-13(2,3)4/h2-8,12H,9-11,13H2,1H3,(H,29,31);11H,7-10H2,1-6H3. The average Bonchev–Trinajstić information content (AvgIpc) is 3.56. The molecule has 2 amide bonds. The fraction of sp³-hybridized carbons (Fsp3) is 0.556. The van der Waals surface area contributed by atoms with Crippen LogP contribution in [0.1, 0.15) is 96.0 Å². The van der Waals surface area contributed by atoms with Crippen LogP contribution in [0, 0.1) is 18.3 Å². The first kappa shape index (κ1) is 39.3. The number of nitrogens with one attached hydrogen (secondary N) is 1. The van der Waals surface area contributed by atoms with Crippen molar-refractivity contribution in [2.24, 2.45) is 11.3 Å². The molecule has 1 unspecified atom stereocenters. The number of carbonyl (C=O) groups excluding carboxylic acids is 2. The molecule has 0 radical (unpaired) electrons. The number of rotatable bonds is 10. The first-order valence-electron chi connectivity index (χ1n) is 16.8. The minimum absolute atomic E-state index is 0.00618. The Kier molecular flexibility index (Phi) is 12.5. The van der Waals surface area contributed by atoms with Crippen LogP contribution in [-0.2, 0) is 4.74 Å². The van der Waals surface area contributed by atoms with Gasteiger partial charge in [0.15, 0.2) is 5.82 Å². The predicted octanol–water partition coefficient (Wildman–Crippen LogP) is 9.60. The molecule has 1 saturated heterocycles. The molecule has 2 aliphatic rings. The van der Waals surface area contributed by atoms with E-state index >= 15 is 0 Å². The van der Waals surface area contributed by atoms with Crippen LogP contribution in [0.5, 0.6) is 5.88 Å². The van der Waals surface area contributed by atoms with Crippen LogP contribution in [0.15, 0.2) is 53.6 Å². The lowest BCUT2D eigenvalue weighted by Gasteiger charge is -2.33. The maximum absolute atomic E-state index is 13.0. The van der Waals surface area contributed by atoms with Gasteiger partial charge in [0.05, 0.1) is 17.6 Å². The molecule has 0 spiro atoms. The highest BCUT2D eigenvalue weighted by Gasteiger charge is 2.62. The highest BCUT2D eigenvalue weighted by Crippen LogP contribution is 2.59. The monoisotopic (exact) mass is 737 g/mol. The number of hydrogen-bond donors (Lipinski definition) is 1. The number of ether oxygens (including phenoxy) is 2. The summed E-state index contributed by atoms with van der Waals surface area (Å²) in [5.74, 6) is 0.754. The summed E-state index contributed by atoms with van der Waals surface area (Å²) in [6.45, 7) is 14.9. The Morgan fingerprint density at radius 2 is 1.76 bits per heavy atom. The first-order valence-corrected chi connectivity index (χ1v) is 18.0. The lowest BCUT2D eigenvalue weighted by atomic mass is 9.94. The van der Waals surface area contributed by atoms with E-state index in [9.17, 15) is 22.8 Å². The summed E-state index contributed by atoms with van der Waals surface area (Å²) >= 11 is 7.38. The summed E-state index contributed by atoms with van der Waals surface area (Å²) < 4.78 is 54.0. The van der Waals surface area contributed by atoms with E-state index < -0.39 is 23.1 Å². The van der Waals surface area contributed by atoms with Crippen molar-refractivity contribution in [3.05, 3.63) is 64.9 Å². The van der Waals surface area contributed by atoms with Gasteiger partial charge in [-0.25, -0.2) is 14.5 Å². The van der Waals surface area contributed by atoms with Gasteiger partial charge in [-0.15, -0.1) is 5.10 Å². The second-order valence-corrected chi connectivity index (χ2v) is 15.8. The van der Waals surface area contributed by atoms with Crippen molar-refractivity contribution in [1.82, 2.24) is 24.4 Å². The van der Waals surface area contributed by atoms with Crippen LogP contribution in [0.3, 0.4) is 0 Å². The van der Waals surface area contributed by atoms with Crippen molar-refractivity contribution in [3.63, 3.8) is 0 Å². The molecule has 50 heavy (non-hydrogen) atoms. The van der Waals surface area contributed by atoms with E-state index in [-0.39, 0.29) is 54.1 Å². The van der Waals surface area contributed by atoms with E-state index in [1.54, 1.807) is 12.3 Å². The van der Waals surface area contributed by atoms with Gasteiger partial charge in [0.1, 0.15) is 10.8 Å². The SMILES string of the molecule is CCCC1CN(C(=O)OC(C)(C)C)C(C)(C)C1.Cc1ccc(SNC(=O)c2ccc(-n3ccc(OCCC4(C(F)(F)F)CC4)n3)nc2Cl)cc1. The molecule has 1 saturated carbocycles. The molecule has 5 rings (SSSR count). The zero-order valence-electron chi connectivity index (χ0n) is 29.7. The van der Waals surface area contributed by atoms with E-state index in [1.165, 1.54) is 41.6 Å². The van der Waals surface area contributed by atoms with Crippen LogP contribution >= 0.6 is 23.5 Å². The highest BCUT2D eigenvalue weighted by atomic mass is 35.5. The Hall–Kier alpha value is -3.45. The fourth-order valence-electron chi connectivity index (χ4n) is 5.80. The van der Waals surface area contributed by atoms with E-state index in [2.05, 4.69) is 35.6 Å². The summed E-state index contributed by atoms with van der Waals surface area (Å²) in [7, 11) is 0. The third-order valence-electron chi connectivity index (χ3n) is 8.72. The summed E-state index contributed by atoms with van der Waals surface area (Å²) in [6, 6.07) is 12.3. The Morgan fingerprint density at radius 1 is 1.08 bits per heavy atom. The quantitative estimate of drug-likeness (QED) is 0.163.